The Morgan fingerprint density at radius 1 is 1.59 bits per heavy atom. The minimum Gasteiger partial charge on any atom is -0.365 e. The minimum atomic E-state index is -0.731. The summed E-state index contributed by atoms with van der Waals surface area (Å²) < 4.78 is 6.35. The molecule has 0 aliphatic carbocycles. The van der Waals surface area contributed by atoms with Gasteiger partial charge in [-0.3, -0.25) is 4.79 Å². The van der Waals surface area contributed by atoms with Crippen molar-refractivity contribution in [3.05, 3.63) is 27.7 Å². The quantitative estimate of drug-likeness (QED) is 0.904. The molecule has 5 heteroatoms. The highest BCUT2D eigenvalue weighted by molar-refractivity contribution is 9.10. The van der Waals surface area contributed by atoms with Gasteiger partial charge in [-0.1, -0.05) is 27.5 Å². The molecule has 0 saturated carbocycles. The van der Waals surface area contributed by atoms with Crippen LogP contribution in [0.4, 0.5) is 5.69 Å². The van der Waals surface area contributed by atoms with Crippen LogP contribution in [0.15, 0.2) is 22.7 Å². The van der Waals surface area contributed by atoms with E-state index >= 15 is 0 Å². The molecule has 92 valence electrons. The number of amides is 1. The number of hydrogen-bond acceptors (Lipinski definition) is 2. The Labute approximate surface area is 114 Å². The molecule has 1 atom stereocenters. The summed E-state index contributed by atoms with van der Waals surface area (Å²) in [7, 11) is 0. The lowest BCUT2D eigenvalue weighted by Crippen LogP contribution is -2.39. The van der Waals surface area contributed by atoms with E-state index in [2.05, 4.69) is 21.2 Å². The van der Waals surface area contributed by atoms with E-state index in [1.165, 1.54) is 0 Å². The van der Waals surface area contributed by atoms with Crippen molar-refractivity contribution in [1.82, 2.24) is 0 Å². The second-order valence-electron chi connectivity index (χ2n) is 4.26. The van der Waals surface area contributed by atoms with Gasteiger partial charge in [0, 0.05) is 11.1 Å². The Bertz CT molecular complexity index is 444. The maximum absolute atomic E-state index is 12.1. The Morgan fingerprint density at radius 2 is 2.35 bits per heavy atom. The van der Waals surface area contributed by atoms with E-state index in [9.17, 15) is 4.79 Å². The van der Waals surface area contributed by atoms with Gasteiger partial charge in [0.25, 0.3) is 5.91 Å². The highest BCUT2D eigenvalue weighted by atomic mass is 79.9. The van der Waals surface area contributed by atoms with Gasteiger partial charge in [0.1, 0.15) is 5.60 Å². The molecular weight excluding hydrogens is 305 g/mol. The molecule has 1 aromatic rings. The van der Waals surface area contributed by atoms with Crippen molar-refractivity contribution < 1.29 is 9.53 Å². The summed E-state index contributed by atoms with van der Waals surface area (Å²) in [6, 6.07) is 5.34. The SMILES string of the molecule is CC1(C(=O)Nc2cc(Br)ccc2Cl)CCCO1. The fourth-order valence-electron chi connectivity index (χ4n) is 1.81. The summed E-state index contributed by atoms with van der Waals surface area (Å²) in [6.07, 6.45) is 1.65. The molecule has 2 rings (SSSR count). The van der Waals surface area contributed by atoms with E-state index in [1.807, 2.05) is 6.07 Å². The number of benzene rings is 1. The first-order valence-corrected chi connectivity index (χ1v) is 6.59. The molecule has 0 bridgehead atoms. The predicted molar refractivity (Wildman–Crippen MR) is 71.4 cm³/mol. The van der Waals surface area contributed by atoms with Gasteiger partial charge < -0.3 is 10.1 Å². The van der Waals surface area contributed by atoms with E-state index in [0.717, 1.165) is 17.3 Å². The van der Waals surface area contributed by atoms with E-state index in [1.54, 1.807) is 19.1 Å². The summed E-state index contributed by atoms with van der Waals surface area (Å²) in [5.74, 6) is -0.144. The molecule has 1 saturated heterocycles. The molecule has 1 N–H and O–H groups in total. The van der Waals surface area contributed by atoms with Crippen molar-refractivity contribution in [3.8, 4) is 0 Å². The van der Waals surface area contributed by atoms with Crippen molar-refractivity contribution >= 4 is 39.1 Å². The van der Waals surface area contributed by atoms with Crippen LogP contribution >= 0.6 is 27.5 Å². The third kappa shape index (κ3) is 2.81. The van der Waals surface area contributed by atoms with Crippen LogP contribution in [0.3, 0.4) is 0 Å². The molecule has 0 aromatic heterocycles. The second kappa shape index (κ2) is 4.96. The number of nitrogens with one attached hydrogen (secondary N) is 1. The zero-order valence-electron chi connectivity index (χ0n) is 9.43. The fourth-order valence-corrected chi connectivity index (χ4v) is 2.33. The first kappa shape index (κ1) is 12.9. The van der Waals surface area contributed by atoms with Crippen molar-refractivity contribution in [2.75, 3.05) is 11.9 Å². The molecule has 17 heavy (non-hydrogen) atoms. The number of ether oxygens (including phenoxy) is 1. The van der Waals surface area contributed by atoms with Crippen LogP contribution in [0, 0.1) is 0 Å². The Kier molecular flexibility index (Phi) is 3.76. The molecule has 0 radical (unpaired) electrons. The van der Waals surface area contributed by atoms with Gasteiger partial charge in [-0.05, 0) is 38.0 Å². The largest absolute Gasteiger partial charge is 0.365 e. The summed E-state index contributed by atoms with van der Waals surface area (Å²) >= 11 is 9.36. The standard InChI is InChI=1S/C12H13BrClNO2/c1-12(5-2-6-17-12)11(16)15-10-7-8(13)3-4-9(10)14/h3-4,7H,2,5-6H2,1H3,(H,15,16). The summed E-state index contributed by atoms with van der Waals surface area (Å²) in [4.78, 5) is 12.1. The Hall–Kier alpha value is -0.580. The van der Waals surface area contributed by atoms with Crippen molar-refractivity contribution in [2.45, 2.75) is 25.4 Å². The topological polar surface area (TPSA) is 38.3 Å². The lowest BCUT2D eigenvalue weighted by molar-refractivity contribution is -0.133. The van der Waals surface area contributed by atoms with Gasteiger partial charge in [0.15, 0.2) is 0 Å². The van der Waals surface area contributed by atoms with Gasteiger partial charge >= 0.3 is 0 Å². The third-order valence-electron chi connectivity index (χ3n) is 2.88. The molecule has 1 amide bonds. The van der Waals surface area contributed by atoms with E-state index in [4.69, 9.17) is 16.3 Å². The molecule has 1 aromatic carbocycles. The second-order valence-corrected chi connectivity index (χ2v) is 5.58. The van der Waals surface area contributed by atoms with Crippen molar-refractivity contribution in [3.63, 3.8) is 0 Å². The molecule has 1 unspecified atom stereocenters. The summed E-state index contributed by atoms with van der Waals surface area (Å²) in [5.41, 5.74) is -0.131. The average Bonchev–Trinajstić information content (AvgIpc) is 2.72. The van der Waals surface area contributed by atoms with E-state index in [0.29, 0.717) is 17.3 Å². The lowest BCUT2D eigenvalue weighted by Gasteiger charge is -2.22. The maximum Gasteiger partial charge on any atom is 0.256 e. The molecule has 0 spiro atoms. The molecule has 1 heterocycles. The highest BCUT2D eigenvalue weighted by Crippen LogP contribution is 2.30. The van der Waals surface area contributed by atoms with Crippen LogP contribution in [0.5, 0.6) is 0 Å². The predicted octanol–water partition coefficient (Wildman–Crippen LogP) is 3.61. The van der Waals surface area contributed by atoms with Crippen LogP contribution < -0.4 is 5.32 Å². The molecule has 1 fully saturated rings. The smallest absolute Gasteiger partial charge is 0.256 e. The van der Waals surface area contributed by atoms with Crippen LogP contribution in [0.25, 0.3) is 0 Å². The van der Waals surface area contributed by atoms with Gasteiger partial charge in [-0.15, -0.1) is 0 Å². The number of anilines is 1. The van der Waals surface area contributed by atoms with Crippen LogP contribution in [-0.4, -0.2) is 18.1 Å². The van der Waals surface area contributed by atoms with Crippen molar-refractivity contribution in [2.24, 2.45) is 0 Å². The molecule has 1 aliphatic rings. The molecular formula is C12H13BrClNO2. The number of hydrogen-bond donors (Lipinski definition) is 1. The summed E-state index contributed by atoms with van der Waals surface area (Å²) in [5, 5.41) is 3.32. The van der Waals surface area contributed by atoms with Crippen LogP contribution in [0.1, 0.15) is 19.8 Å². The number of rotatable bonds is 2. The van der Waals surface area contributed by atoms with Crippen LogP contribution in [0.2, 0.25) is 5.02 Å². The normalized spacial score (nSPS) is 23.7. The molecule has 1 aliphatic heterocycles. The zero-order chi connectivity index (χ0) is 12.5. The van der Waals surface area contributed by atoms with Gasteiger partial charge in [-0.2, -0.15) is 0 Å². The number of carbonyl (C=O) groups excluding carboxylic acids is 1. The van der Waals surface area contributed by atoms with Gasteiger partial charge in [-0.25, -0.2) is 0 Å². The first-order chi connectivity index (χ1) is 8.01. The fraction of sp³-hybridized carbons (Fsp3) is 0.417. The summed E-state index contributed by atoms with van der Waals surface area (Å²) in [6.45, 7) is 2.44. The first-order valence-electron chi connectivity index (χ1n) is 5.42. The van der Waals surface area contributed by atoms with Gasteiger partial charge in [0.2, 0.25) is 0 Å². The monoisotopic (exact) mass is 317 g/mol. The van der Waals surface area contributed by atoms with E-state index in [-0.39, 0.29) is 5.91 Å². The number of halogens is 2. The zero-order valence-corrected chi connectivity index (χ0v) is 11.8. The maximum atomic E-state index is 12.1. The van der Waals surface area contributed by atoms with E-state index < -0.39 is 5.60 Å². The Balaban J connectivity index is 2.15. The highest BCUT2D eigenvalue weighted by Gasteiger charge is 2.37. The van der Waals surface area contributed by atoms with Gasteiger partial charge in [0.05, 0.1) is 10.7 Å². The average molecular weight is 319 g/mol. The van der Waals surface area contributed by atoms with Crippen molar-refractivity contribution in [1.29, 1.82) is 0 Å². The third-order valence-corrected chi connectivity index (χ3v) is 3.70. The molecule has 3 nitrogen and oxygen atoms in total. The number of carbonyl (C=O) groups is 1. The van der Waals surface area contributed by atoms with Crippen LogP contribution in [-0.2, 0) is 9.53 Å². The minimum absolute atomic E-state index is 0.144. The Morgan fingerprint density at radius 3 is 3.00 bits per heavy atom. The lowest BCUT2D eigenvalue weighted by atomic mass is 10.0.